The lowest BCUT2D eigenvalue weighted by Gasteiger charge is -2.26. The summed E-state index contributed by atoms with van der Waals surface area (Å²) in [4.78, 5) is 5.13. The molecule has 2 fully saturated rings. The van der Waals surface area contributed by atoms with Gasteiger partial charge in [-0.15, -0.1) is 0 Å². The molecule has 0 aliphatic carbocycles. The van der Waals surface area contributed by atoms with Gasteiger partial charge in [-0.1, -0.05) is 30.3 Å². The summed E-state index contributed by atoms with van der Waals surface area (Å²) in [6.07, 6.45) is 4.52. The van der Waals surface area contributed by atoms with Gasteiger partial charge in [-0.3, -0.25) is 4.90 Å². The summed E-state index contributed by atoms with van der Waals surface area (Å²) in [6.45, 7) is 3.37. The molecule has 3 rings (SSSR count). The third-order valence-corrected chi connectivity index (χ3v) is 5.14. The van der Waals surface area contributed by atoms with Crippen molar-refractivity contribution < 1.29 is 5.11 Å². The first-order valence-corrected chi connectivity index (χ1v) is 7.91. The van der Waals surface area contributed by atoms with Crippen LogP contribution in [0.15, 0.2) is 30.3 Å². The molecular weight excluding hydrogens is 248 g/mol. The van der Waals surface area contributed by atoms with Gasteiger partial charge in [0.05, 0.1) is 6.10 Å². The minimum Gasteiger partial charge on any atom is -0.388 e. The Balaban J connectivity index is 1.51. The number of likely N-dealkylation sites (tertiary alicyclic amines) is 1. The molecule has 2 aliphatic rings. The number of nitrogens with zero attached hydrogens (tertiary/aromatic N) is 2. The van der Waals surface area contributed by atoms with Crippen molar-refractivity contribution in [1.29, 1.82) is 0 Å². The van der Waals surface area contributed by atoms with Crippen LogP contribution >= 0.6 is 0 Å². The van der Waals surface area contributed by atoms with Crippen LogP contribution in [0.4, 0.5) is 0 Å². The van der Waals surface area contributed by atoms with Gasteiger partial charge in [0, 0.05) is 25.2 Å². The second-order valence-electron chi connectivity index (χ2n) is 6.35. The van der Waals surface area contributed by atoms with Crippen molar-refractivity contribution in [3.63, 3.8) is 0 Å². The van der Waals surface area contributed by atoms with Gasteiger partial charge in [0.25, 0.3) is 0 Å². The van der Waals surface area contributed by atoms with Crippen LogP contribution in [0.2, 0.25) is 0 Å². The molecule has 2 heterocycles. The van der Waals surface area contributed by atoms with E-state index in [-0.39, 0.29) is 6.10 Å². The largest absolute Gasteiger partial charge is 0.388 e. The SMILES string of the molecule is CN1C2CCC1CN(CCC(O)c1ccccc1)CC2. The molecule has 0 saturated carbocycles. The second-order valence-corrected chi connectivity index (χ2v) is 6.35. The molecule has 3 atom stereocenters. The Hall–Kier alpha value is -0.900. The van der Waals surface area contributed by atoms with E-state index in [9.17, 15) is 5.11 Å². The Kier molecular flexibility index (Phi) is 4.39. The Labute approximate surface area is 122 Å². The van der Waals surface area contributed by atoms with E-state index in [0.29, 0.717) is 0 Å². The molecule has 20 heavy (non-hydrogen) atoms. The van der Waals surface area contributed by atoms with E-state index in [2.05, 4.69) is 16.8 Å². The zero-order chi connectivity index (χ0) is 13.9. The van der Waals surface area contributed by atoms with Crippen LogP contribution < -0.4 is 0 Å². The van der Waals surface area contributed by atoms with Crippen LogP contribution in [0.5, 0.6) is 0 Å². The number of fused-ring (bicyclic) bond motifs is 2. The van der Waals surface area contributed by atoms with E-state index in [4.69, 9.17) is 0 Å². The van der Waals surface area contributed by atoms with Crippen molar-refractivity contribution in [2.75, 3.05) is 26.7 Å². The van der Waals surface area contributed by atoms with Crippen molar-refractivity contribution >= 4 is 0 Å². The lowest BCUT2D eigenvalue weighted by molar-refractivity contribution is 0.137. The van der Waals surface area contributed by atoms with Gasteiger partial charge >= 0.3 is 0 Å². The normalized spacial score (nSPS) is 29.3. The molecule has 0 amide bonds. The summed E-state index contributed by atoms with van der Waals surface area (Å²) < 4.78 is 0. The predicted octanol–water partition coefficient (Wildman–Crippen LogP) is 2.28. The standard InChI is InChI=1S/C17H26N2O/c1-18-15-7-8-16(18)13-19(11-9-15)12-10-17(20)14-5-3-2-4-6-14/h2-6,15-17,20H,7-13H2,1H3. The van der Waals surface area contributed by atoms with Crippen LogP contribution in [0.1, 0.15) is 37.4 Å². The second kappa shape index (κ2) is 6.25. The lowest BCUT2D eigenvalue weighted by Crippen LogP contribution is -2.37. The van der Waals surface area contributed by atoms with E-state index in [0.717, 1.165) is 30.6 Å². The number of benzene rings is 1. The van der Waals surface area contributed by atoms with Crippen molar-refractivity contribution in [1.82, 2.24) is 9.80 Å². The fourth-order valence-corrected chi connectivity index (χ4v) is 3.73. The van der Waals surface area contributed by atoms with Gasteiger partial charge in [-0.2, -0.15) is 0 Å². The first-order chi connectivity index (χ1) is 9.74. The summed E-state index contributed by atoms with van der Waals surface area (Å²) >= 11 is 0. The van der Waals surface area contributed by atoms with E-state index in [1.165, 1.54) is 32.4 Å². The highest BCUT2D eigenvalue weighted by Gasteiger charge is 2.34. The maximum absolute atomic E-state index is 10.3. The molecule has 2 saturated heterocycles. The molecule has 0 aromatic heterocycles. The fourth-order valence-electron chi connectivity index (χ4n) is 3.73. The first kappa shape index (κ1) is 14.1. The molecule has 110 valence electrons. The topological polar surface area (TPSA) is 26.7 Å². The number of likely N-dealkylation sites (N-methyl/N-ethyl adjacent to an activating group) is 1. The maximum Gasteiger partial charge on any atom is 0.0802 e. The monoisotopic (exact) mass is 274 g/mol. The zero-order valence-electron chi connectivity index (χ0n) is 12.4. The molecule has 3 nitrogen and oxygen atoms in total. The van der Waals surface area contributed by atoms with Gasteiger partial charge in [0.15, 0.2) is 0 Å². The molecule has 0 radical (unpaired) electrons. The van der Waals surface area contributed by atoms with Gasteiger partial charge < -0.3 is 10.0 Å². The van der Waals surface area contributed by atoms with Crippen LogP contribution in [0.3, 0.4) is 0 Å². The number of rotatable bonds is 4. The summed E-state index contributed by atoms with van der Waals surface area (Å²) in [6, 6.07) is 11.6. The summed E-state index contributed by atoms with van der Waals surface area (Å²) in [7, 11) is 2.28. The molecule has 3 unspecified atom stereocenters. The van der Waals surface area contributed by atoms with Gasteiger partial charge in [-0.05, 0) is 44.8 Å². The van der Waals surface area contributed by atoms with Crippen molar-refractivity contribution in [3.8, 4) is 0 Å². The minimum atomic E-state index is -0.325. The van der Waals surface area contributed by atoms with Crippen LogP contribution in [0, 0.1) is 0 Å². The van der Waals surface area contributed by atoms with Crippen molar-refractivity contribution in [2.45, 2.75) is 43.9 Å². The quantitative estimate of drug-likeness (QED) is 0.912. The number of hydrogen-bond donors (Lipinski definition) is 1. The van der Waals surface area contributed by atoms with E-state index >= 15 is 0 Å². The number of aliphatic hydroxyl groups is 1. The van der Waals surface area contributed by atoms with Crippen LogP contribution in [-0.4, -0.2) is 53.7 Å². The van der Waals surface area contributed by atoms with Crippen LogP contribution in [0.25, 0.3) is 0 Å². The Morgan fingerprint density at radius 3 is 2.70 bits per heavy atom. The summed E-state index contributed by atoms with van der Waals surface area (Å²) in [5.41, 5.74) is 1.04. The predicted molar refractivity (Wildman–Crippen MR) is 81.6 cm³/mol. The molecular formula is C17H26N2O. The van der Waals surface area contributed by atoms with Crippen LogP contribution in [-0.2, 0) is 0 Å². The average molecular weight is 274 g/mol. The highest BCUT2D eigenvalue weighted by Crippen LogP contribution is 2.28. The van der Waals surface area contributed by atoms with E-state index < -0.39 is 0 Å². The fraction of sp³-hybridized carbons (Fsp3) is 0.647. The summed E-state index contributed by atoms with van der Waals surface area (Å²) in [5.74, 6) is 0. The van der Waals surface area contributed by atoms with Crippen molar-refractivity contribution in [3.05, 3.63) is 35.9 Å². The molecule has 2 bridgehead atoms. The molecule has 0 spiro atoms. The minimum absolute atomic E-state index is 0.325. The molecule has 1 N–H and O–H groups in total. The van der Waals surface area contributed by atoms with Crippen molar-refractivity contribution in [2.24, 2.45) is 0 Å². The van der Waals surface area contributed by atoms with E-state index in [1.807, 2.05) is 30.3 Å². The maximum atomic E-state index is 10.3. The molecule has 2 aliphatic heterocycles. The zero-order valence-corrected chi connectivity index (χ0v) is 12.4. The Morgan fingerprint density at radius 1 is 1.15 bits per heavy atom. The van der Waals surface area contributed by atoms with Gasteiger partial charge in [0.1, 0.15) is 0 Å². The highest BCUT2D eigenvalue weighted by atomic mass is 16.3. The molecule has 1 aromatic rings. The lowest BCUT2D eigenvalue weighted by atomic mass is 10.1. The Morgan fingerprint density at radius 2 is 1.90 bits per heavy atom. The Bertz CT molecular complexity index is 422. The third-order valence-electron chi connectivity index (χ3n) is 5.14. The smallest absolute Gasteiger partial charge is 0.0802 e. The molecule has 1 aromatic carbocycles. The number of hydrogen-bond acceptors (Lipinski definition) is 3. The highest BCUT2D eigenvalue weighted by molar-refractivity contribution is 5.17. The third kappa shape index (κ3) is 3.05. The summed E-state index contributed by atoms with van der Waals surface area (Å²) in [5, 5.41) is 10.3. The van der Waals surface area contributed by atoms with Gasteiger partial charge in [0.2, 0.25) is 0 Å². The number of aliphatic hydroxyl groups excluding tert-OH is 1. The first-order valence-electron chi connectivity index (χ1n) is 7.91. The average Bonchev–Trinajstić information content (AvgIpc) is 2.72. The van der Waals surface area contributed by atoms with E-state index in [1.54, 1.807) is 0 Å². The molecule has 3 heteroatoms. The van der Waals surface area contributed by atoms with Gasteiger partial charge in [-0.25, -0.2) is 0 Å².